The molecular formula is C31H31N3O4. The van der Waals surface area contributed by atoms with Gasteiger partial charge in [-0.25, -0.2) is 0 Å². The Balaban J connectivity index is 1.37. The predicted octanol–water partition coefficient (Wildman–Crippen LogP) is 2.39. The van der Waals surface area contributed by atoms with E-state index in [-0.39, 0.29) is 0 Å². The molecule has 0 spiro atoms. The quantitative estimate of drug-likeness (QED) is 0.377. The lowest BCUT2D eigenvalue weighted by molar-refractivity contribution is -0.135. The van der Waals surface area contributed by atoms with Crippen molar-refractivity contribution in [2.75, 3.05) is 27.2 Å². The molecular weight excluding hydrogens is 478 g/mol. The summed E-state index contributed by atoms with van der Waals surface area (Å²) in [5.74, 6) is 4.35. The highest BCUT2D eigenvalue weighted by molar-refractivity contribution is 6.10. The molecule has 3 aromatic rings. The van der Waals surface area contributed by atoms with Gasteiger partial charge < -0.3 is 15.3 Å². The van der Waals surface area contributed by atoms with Crippen molar-refractivity contribution in [3.63, 3.8) is 0 Å². The lowest BCUT2D eigenvalue weighted by Crippen LogP contribution is -2.52. The molecule has 1 aliphatic heterocycles. The Labute approximate surface area is 223 Å². The normalized spacial score (nSPS) is 13.4. The van der Waals surface area contributed by atoms with E-state index in [1.165, 1.54) is 30.8 Å². The summed E-state index contributed by atoms with van der Waals surface area (Å²) >= 11 is 0. The van der Waals surface area contributed by atoms with E-state index in [1.54, 1.807) is 24.3 Å². The van der Waals surface area contributed by atoms with Crippen LogP contribution in [0.3, 0.4) is 0 Å². The topological polar surface area (TPSA) is 90.0 Å². The molecule has 38 heavy (non-hydrogen) atoms. The predicted molar refractivity (Wildman–Crippen MR) is 145 cm³/mol. The van der Waals surface area contributed by atoms with E-state index in [2.05, 4.69) is 58.5 Å². The van der Waals surface area contributed by atoms with Crippen LogP contribution in [0.2, 0.25) is 0 Å². The molecule has 1 atom stereocenters. The van der Waals surface area contributed by atoms with Crippen molar-refractivity contribution in [3.8, 4) is 11.8 Å². The molecule has 0 saturated carbocycles. The summed E-state index contributed by atoms with van der Waals surface area (Å²) in [6.07, 6.45) is 1.08. The second-order valence-electron chi connectivity index (χ2n) is 9.31. The van der Waals surface area contributed by atoms with Crippen LogP contribution in [0.5, 0.6) is 0 Å². The average Bonchev–Trinajstić information content (AvgIpc) is 2.96. The summed E-state index contributed by atoms with van der Waals surface area (Å²) in [7, 11) is 2.73. The molecule has 1 heterocycles. The number of hydrogen-bond acceptors (Lipinski definition) is 5. The molecule has 0 aliphatic carbocycles. The number of benzene rings is 3. The number of hydrogen-bond donors (Lipinski definition) is 2. The number of ketones is 1. The first-order chi connectivity index (χ1) is 18.4. The summed E-state index contributed by atoms with van der Waals surface area (Å²) < 4.78 is 0. The lowest BCUT2D eigenvalue weighted by Gasteiger charge is -2.28. The first-order valence-electron chi connectivity index (χ1n) is 12.5. The number of fused-ring (bicyclic) bond motifs is 1. The van der Waals surface area contributed by atoms with Crippen molar-refractivity contribution in [1.82, 2.24) is 15.1 Å². The minimum Gasteiger partial charge on any atom is -0.388 e. The Hall–Kier alpha value is -4.25. The van der Waals surface area contributed by atoms with Crippen molar-refractivity contribution in [2.24, 2.45) is 0 Å². The van der Waals surface area contributed by atoms with Gasteiger partial charge in [0.15, 0.2) is 11.8 Å². The Bertz CT molecular complexity index is 1350. The van der Waals surface area contributed by atoms with Crippen LogP contribution in [-0.2, 0) is 29.1 Å². The molecule has 1 aliphatic rings. The molecule has 2 N–H and O–H groups in total. The molecule has 4 rings (SSSR count). The number of likely N-dealkylation sites (N-methyl/N-ethyl adjacent to an activating group) is 2. The van der Waals surface area contributed by atoms with Gasteiger partial charge in [-0.1, -0.05) is 48.2 Å². The third-order valence-electron chi connectivity index (χ3n) is 6.72. The van der Waals surface area contributed by atoms with Crippen LogP contribution >= 0.6 is 0 Å². The first-order valence-corrected chi connectivity index (χ1v) is 12.5. The molecule has 1 unspecified atom stereocenters. The number of nitrogens with zero attached hydrogens (tertiary/aromatic N) is 2. The van der Waals surface area contributed by atoms with Crippen molar-refractivity contribution in [2.45, 2.75) is 25.6 Å². The van der Waals surface area contributed by atoms with E-state index >= 15 is 0 Å². The lowest BCUT2D eigenvalue weighted by atomic mass is 9.99. The van der Waals surface area contributed by atoms with Crippen LogP contribution in [0, 0.1) is 11.8 Å². The number of aliphatic hydroxyl groups is 1. The van der Waals surface area contributed by atoms with Gasteiger partial charge in [0.2, 0.25) is 5.91 Å². The molecule has 0 saturated heterocycles. The van der Waals surface area contributed by atoms with Crippen molar-refractivity contribution < 1.29 is 19.5 Å². The second kappa shape index (κ2) is 12.3. The van der Waals surface area contributed by atoms with Gasteiger partial charge in [0.25, 0.3) is 5.91 Å². The molecule has 0 radical (unpaired) electrons. The fourth-order valence-corrected chi connectivity index (χ4v) is 4.56. The smallest absolute Gasteiger partial charge is 0.254 e. The van der Waals surface area contributed by atoms with E-state index < -0.39 is 30.2 Å². The molecule has 3 aromatic carbocycles. The average molecular weight is 510 g/mol. The van der Waals surface area contributed by atoms with Gasteiger partial charge >= 0.3 is 0 Å². The van der Waals surface area contributed by atoms with Gasteiger partial charge in [0, 0.05) is 50.4 Å². The number of aliphatic hydroxyl groups excluding tert-OH is 1. The minimum atomic E-state index is -1.40. The van der Waals surface area contributed by atoms with Gasteiger partial charge in [-0.2, -0.15) is 0 Å². The summed E-state index contributed by atoms with van der Waals surface area (Å²) in [4.78, 5) is 40.4. The highest BCUT2D eigenvalue weighted by Crippen LogP contribution is 2.20. The third kappa shape index (κ3) is 6.35. The largest absolute Gasteiger partial charge is 0.388 e. The molecule has 7 heteroatoms. The van der Waals surface area contributed by atoms with Gasteiger partial charge in [-0.05, 0) is 59.5 Å². The molecule has 7 nitrogen and oxygen atoms in total. The Morgan fingerprint density at radius 2 is 1.55 bits per heavy atom. The van der Waals surface area contributed by atoms with Gasteiger partial charge in [-0.3, -0.25) is 19.3 Å². The van der Waals surface area contributed by atoms with Crippen molar-refractivity contribution in [1.29, 1.82) is 0 Å². The monoisotopic (exact) mass is 509 g/mol. The number of nitrogens with one attached hydrogen (secondary N) is 1. The summed E-state index contributed by atoms with van der Waals surface area (Å²) in [6.45, 7) is 2.09. The minimum absolute atomic E-state index is 0.308. The second-order valence-corrected chi connectivity index (χ2v) is 9.31. The Morgan fingerprint density at radius 1 is 0.947 bits per heavy atom. The zero-order chi connectivity index (χ0) is 27.1. The number of carbonyl (C=O) groups excluding carboxylic acids is 3. The molecule has 194 valence electrons. The Morgan fingerprint density at radius 3 is 2.16 bits per heavy atom. The van der Waals surface area contributed by atoms with E-state index in [0.717, 1.165) is 42.1 Å². The fraction of sp³-hybridized carbons (Fsp3) is 0.258. The molecule has 0 bridgehead atoms. The molecule has 0 fully saturated rings. The van der Waals surface area contributed by atoms with Crippen LogP contribution in [0.25, 0.3) is 0 Å². The number of amides is 2. The highest BCUT2D eigenvalue weighted by Gasteiger charge is 2.32. The van der Waals surface area contributed by atoms with Gasteiger partial charge in [0.1, 0.15) is 6.61 Å². The van der Waals surface area contributed by atoms with Gasteiger partial charge in [-0.15, -0.1) is 0 Å². The van der Waals surface area contributed by atoms with E-state index in [1.807, 2.05) is 12.1 Å². The van der Waals surface area contributed by atoms with E-state index in [4.69, 9.17) is 0 Å². The maximum Gasteiger partial charge on any atom is 0.254 e. The number of carbonyl (C=O) groups is 3. The first kappa shape index (κ1) is 26.8. The third-order valence-corrected chi connectivity index (χ3v) is 6.72. The summed E-state index contributed by atoms with van der Waals surface area (Å²) in [5.41, 5.74) is 6.04. The van der Waals surface area contributed by atoms with Crippen LogP contribution in [0.15, 0.2) is 72.8 Å². The summed E-state index contributed by atoms with van der Waals surface area (Å²) in [5, 5.41) is 11.5. The number of rotatable bonds is 7. The van der Waals surface area contributed by atoms with Crippen LogP contribution in [-0.4, -0.2) is 65.8 Å². The van der Waals surface area contributed by atoms with Crippen LogP contribution in [0.4, 0.5) is 0 Å². The van der Waals surface area contributed by atoms with Crippen LogP contribution in [0.1, 0.15) is 38.2 Å². The van der Waals surface area contributed by atoms with Crippen molar-refractivity contribution in [3.05, 3.63) is 106 Å². The van der Waals surface area contributed by atoms with Gasteiger partial charge in [0.05, 0.1) is 0 Å². The maximum absolute atomic E-state index is 12.8. The van der Waals surface area contributed by atoms with E-state index in [0.29, 0.717) is 5.56 Å². The maximum atomic E-state index is 12.8. The molecule has 0 aromatic heterocycles. The standard InChI is InChI=1S/C31H31N3O4/c1-32-30(37)29(28(36)21-35)33(2)31(38)26-15-13-23(14-16-26)8-7-22-9-11-24(12-10-22)19-34-18-17-25-5-3-4-6-27(25)20-34/h3-6,9-16,29,35H,17-21H2,1-2H3,(H,32,37). The van der Waals surface area contributed by atoms with Crippen LogP contribution < -0.4 is 5.32 Å². The fourth-order valence-electron chi connectivity index (χ4n) is 4.56. The van der Waals surface area contributed by atoms with E-state index in [9.17, 15) is 19.5 Å². The highest BCUT2D eigenvalue weighted by atomic mass is 16.3. The zero-order valence-electron chi connectivity index (χ0n) is 21.6. The zero-order valence-corrected chi connectivity index (χ0v) is 21.6. The Kier molecular flexibility index (Phi) is 8.70. The number of Topliss-reactive ketones (excluding diaryl/α,β-unsaturated/α-hetero) is 1. The summed E-state index contributed by atoms with van der Waals surface area (Å²) in [6, 6.07) is 22.1. The SMILES string of the molecule is CNC(=O)C(C(=O)CO)N(C)C(=O)c1ccc(C#Cc2ccc(CN3CCc4ccccc4C3)cc2)cc1. The molecule has 2 amide bonds. The van der Waals surface area contributed by atoms with Crippen molar-refractivity contribution >= 4 is 17.6 Å².